The van der Waals surface area contributed by atoms with Gasteiger partial charge in [0.2, 0.25) is 5.91 Å². The van der Waals surface area contributed by atoms with Crippen LogP contribution >= 0.6 is 23.2 Å². The first-order chi connectivity index (χ1) is 16.9. The van der Waals surface area contributed by atoms with Crippen molar-refractivity contribution in [1.29, 1.82) is 0 Å². The fourth-order valence-electron chi connectivity index (χ4n) is 2.77. The molecule has 0 aliphatic carbocycles. The number of hydrogen-bond acceptors (Lipinski definition) is 6. The Morgan fingerprint density at radius 3 is 2.36 bits per heavy atom. The lowest BCUT2D eigenvalue weighted by Gasteiger charge is -2.19. The van der Waals surface area contributed by atoms with Gasteiger partial charge in [0.1, 0.15) is 16.5 Å². The number of ether oxygens (including phenoxy) is 1. The minimum atomic E-state index is -0.501. The molecule has 1 aromatic heterocycles. The van der Waals surface area contributed by atoms with Gasteiger partial charge in [0.05, 0.1) is 17.3 Å². The first-order valence-corrected chi connectivity index (χ1v) is 12.6. The molecule has 3 N–H and O–H groups in total. The fraction of sp³-hybridized carbons (Fsp3) is 0.481. The van der Waals surface area contributed by atoms with Crippen LogP contribution in [0.2, 0.25) is 10.2 Å². The second-order valence-corrected chi connectivity index (χ2v) is 9.61. The van der Waals surface area contributed by atoms with Crippen LogP contribution in [-0.4, -0.2) is 34.8 Å². The molecule has 7 nitrogen and oxygen atoms in total. The predicted molar refractivity (Wildman–Crippen MR) is 147 cm³/mol. The van der Waals surface area contributed by atoms with E-state index in [1.165, 1.54) is 0 Å². The van der Waals surface area contributed by atoms with E-state index >= 15 is 0 Å². The van der Waals surface area contributed by atoms with Gasteiger partial charge in [-0.3, -0.25) is 14.4 Å². The van der Waals surface area contributed by atoms with Crippen molar-refractivity contribution < 1.29 is 19.1 Å². The number of ketones is 1. The average Bonchev–Trinajstić information content (AvgIpc) is 2.78. The number of carbonyl (C=O) groups is 3. The van der Waals surface area contributed by atoms with Crippen LogP contribution in [0.1, 0.15) is 71.9 Å². The van der Waals surface area contributed by atoms with E-state index in [1.807, 2.05) is 45.9 Å². The number of carbonyl (C=O) groups excluding carboxylic acids is 3. The standard InChI is InChI=1S/C15H20Cl2N2O3.C12H19NO/c1-15(2,3)22-13(21)6-4-5-12(20)18-9-10-7-8-11(16)14(17)19-10;1-3-5-11(6-4-2)7-8-12(14)9-10-13/h7-8H,4-6,9H2,1-3H3,(H,18,20);3-6H,1,7-10,13H2,2H3/b;6-4-,11-5+. The van der Waals surface area contributed by atoms with Gasteiger partial charge in [0, 0.05) is 25.7 Å². The fourth-order valence-corrected chi connectivity index (χ4v) is 3.05. The summed E-state index contributed by atoms with van der Waals surface area (Å²) in [6.07, 6.45) is 10.4. The molecule has 0 spiro atoms. The SMILES string of the molecule is C=C/C=C(\C=C/C)CCC(=O)CCN.CC(C)(C)OC(=O)CCCC(=O)NCc1ccc(Cl)c(Cl)n1. The summed E-state index contributed by atoms with van der Waals surface area (Å²) in [6, 6.07) is 3.32. The van der Waals surface area contributed by atoms with E-state index in [-0.39, 0.29) is 42.2 Å². The largest absolute Gasteiger partial charge is 0.460 e. The van der Waals surface area contributed by atoms with Crippen molar-refractivity contribution in [3.05, 3.63) is 64.5 Å². The van der Waals surface area contributed by atoms with Gasteiger partial charge < -0.3 is 15.8 Å². The molecule has 0 saturated heterocycles. The van der Waals surface area contributed by atoms with Crippen molar-refractivity contribution in [2.24, 2.45) is 5.73 Å². The van der Waals surface area contributed by atoms with E-state index in [9.17, 15) is 14.4 Å². The number of Topliss-reactive ketones (excluding diaryl/α,β-unsaturated/α-hetero) is 1. The first-order valence-electron chi connectivity index (χ1n) is 11.9. The average molecular weight is 541 g/mol. The van der Waals surface area contributed by atoms with Crippen LogP contribution < -0.4 is 11.1 Å². The van der Waals surface area contributed by atoms with Gasteiger partial charge in [-0.25, -0.2) is 4.98 Å². The summed E-state index contributed by atoms with van der Waals surface area (Å²) in [7, 11) is 0. The monoisotopic (exact) mass is 539 g/mol. The number of allylic oxidation sites excluding steroid dienone is 5. The normalized spacial score (nSPS) is 11.5. The summed E-state index contributed by atoms with van der Waals surface area (Å²) >= 11 is 11.6. The van der Waals surface area contributed by atoms with Crippen molar-refractivity contribution in [3.63, 3.8) is 0 Å². The molecule has 9 heteroatoms. The van der Waals surface area contributed by atoms with Crippen LogP contribution in [0.25, 0.3) is 0 Å². The number of hydrogen-bond donors (Lipinski definition) is 2. The first kappa shape index (κ1) is 33.5. The third kappa shape index (κ3) is 17.9. The third-order valence-corrected chi connectivity index (χ3v) is 5.05. The Labute approximate surface area is 225 Å². The Bertz CT molecular complexity index is 922. The molecule has 0 bridgehead atoms. The lowest BCUT2D eigenvalue weighted by molar-refractivity contribution is -0.154. The Morgan fingerprint density at radius 2 is 1.81 bits per heavy atom. The van der Waals surface area contributed by atoms with Crippen molar-refractivity contribution >= 4 is 40.9 Å². The lowest BCUT2D eigenvalue weighted by Crippen LogP contribution is -2.25. The highest BCUT2D eigenvalue weighted by atomic mass is 35.5. The zero-order chi connectivity index (χ0) is 27.6. The number of pyridine rings is 1. The second-order valence-electron chi connectivity index (χ2n) is 8.85. The van der Waals surface area contributed by atoms with Crippen LogP contribution in [0.3, 0.4) is 0 Å². The number of rotatable bonds is 13. The Kier molecular flexibility index (Phi) is 17.5. The van der Waals surface area contributed by atoms with E-state index < -0.39 is 5.60 Å². The highest BCUT2D eigenvalue weighted by molar-refractivity contribution is 6.41. The minimum absolute atomic E-state index is 0.156. The summed E-state index contributed by atoms with van der Waals surface area (Å²) in [5, 5.41) is 3.29. The molecule has 1 amide bonds. The van der Waals surface area contributed by atoms with Crippen LogP contribution in [0.4, 0.5) is 0 Å². The molecule has 36 heavy (non-hydrogen) atoms. The van der Waals surface area contributed by atoms with Crippen LogP contribution in [0, 0.1) is 0 Å². The maximum atomic E-state index is 11.7. The number of nitrogens with two attached hydrogens (primary N) is 1. The van der Waals surface area contributed by atoms with E-state index in [1.54, 1.807) is 18.2 Å². The number of nitrogens with zero attached hydrogens (tertiary/aromatic N) is 1. The van der Waals surface area contributed by atoms with Crippen molar-refractivity contribution in [2.75, 3.05) is 6.54 Å². The molecule has 0 radical (unpaired) electrons. The van der Waals surface area contributed by atoms with E-state index in [0.717, 1.165) is 12.0 Å². The van der Waals surface area contributed by atoms with Gasteiger partial charge in [-0.05, 0) is 64.8 Å². The van der Waals surface area contributed by atoms with Gasteiger partial charge >= 0.3 is 5.97 Å². The number of aromatic nitrogens is 1. The topological polar surface area (TPSA) is 111 Å². The molecular weight excluding hydrogens is 501 g/mol. The predicted octanol–water partition coefficient (Wildman–Crippen LogP) is 5.89. The number of esters is 1. The minimum Gasteiger partial charge on any atom is -0.460 e. The Balaban J connectivity index is 0.000000757. The highest BCUT2D eigenvalue weighted by Crippen LogP contribution is 2.19. The van der Waals surface area contributed by atoms with Crippen molar-refractivity contribution in [2.45, 2.75) is 78.4 Å². The molecule has 0 fully saturated rings. The summed E-state index contributed by atoms with van der Waals surface area (Å²) in [5.74, 6) is -0.227. The number of amides is 1. The maximum absolute atomic E-state index is 11.7. The molecule has 1 rings (SSSR count). The van der Waals surface area contributed by atoms with Crippen LogP contribution in [0.15, 0.2) is 48.6 Å². The zero-order valence-electron chi connectivity index (χ0n) is 21.7. The molecule has 1 heterocycles. The Morgan fingerprint density at radius 1 is 1.11 bits per heavy atom. The molecule has 0 aromatic carbocycles. The summed E-state index contributed by atoms with van der Waals surface area (Å²) in [4.78, 5) is 38.4. The Hall–Kier alpha value is -2.48. The molecule has 200 valence electrons. The molecule has 0 aliphatic heterocycles. The van der Waals surface area contributed by atoms with E-state index in [2.05, 4.69) is 16.9 Å². The zero-order valence-corrected chi connectivity index (χ0v) is 23.3. The number of nitrogens with one attached hydrogen (secondary N) is 1. The van der Waals surface area contributed by atoms with Crippen molar-refractivity contribution in [3.8, 4) is 0 Å². The smallest absolute Gasteiger partial charge is 0.306 e. The van der Waals surface area contributed by atoms with Gasteiger partial charge in [-0.2, -0.15) is 0 Å². The quantitative estimate of drug-likeness (QED) is 0.183. The van der Waals surface area contributed by atoms with Gasteiger partial charge in [0.25, 0.3) is 0 Å². The second kappa shape index (κ2) is 18.7. The molecule has 0 unspecified atom stereocenters. The summed E-state index contributed by atoms with van der Waals surface area (Å²) in [6.45, 7) is 11.7. The third-order valence-electron chi connectivity index (χ3n) is 4.36. The summed E-state index contributed by atoms with van der Waals surface area (Å²) in [5.41, 5.74) is 6.54. The van der Waals surface area contributed by atoms with E-state index in [4.69, 9.17) is 33.7 Å². The lowest BCUT2D eigenvalue weighted by atomic mass is 10.1. The maximum Gasteiger partial charge on any atom is 0.306 e. The van der Waals surface area contributed by atoms with Gasteiger partial charge in [-0.1, -0.05) is 54.1 Å². The van der Waals surface area contributed by atoms with E-state index in [0.29, 0.717) is 36.5 Å². The van der Waals surface area contributed by atoms with Gasteiger partial charge in [0.15, 0.2) is 0 Å². The highest BCUT2D eigenvalue weighted by Gasteiger charge is 2.16. The number of halogens is 2. The molecular formula is C27H39Cl2N3O4. The molecule has 0 aliphatic rings. The molecule has 0 saturated carbocycles. The summed E-state index contributed by atoms with van der Waals surface area (Å²) < 4.78 is 5.17. The van der Waals surface area contributed by atoms with Crippen LogP contribution in [-0.2, 0) is 25.7 Å². The van der Waals surface area contributed by atoms with Crippen molar-refractivity contribution in [1.82, 2.24) is 10.3 Å². The molecule has 0 atom stereocenters. The molecule has 1 aromatic rings. The van der Waals surface area contributed by atoms with Crippen LogP contribution in [0.5, 0.6) is 0 Å². The van der Waals surface area contributed by atoms with Gasteiger partial charge in [-0.15, -0.1) is 0 Å².